The third kappa shape index (κ3) is 4.82. The first-order valence-electron chi connectivity index (χ1n) is 6.96. The molecule has 1 heterocycles. The van der Waals surface area contributed by atoms with Crippen LogP contribution in [0.2, 0.25) is 0 Å². The van der Waals surface area contributed by atoms with Crippen LogP contribution >= 0.6 is 0 Å². The van der Waals surface area contributed by atoms with Crippen molar-refractivity contribution in [3.63, 3.8) is 0 Å². The summed E-state index contributed by atoms with van der Waals surface area (Å²) >= 11 is 0. The fourth-order valence-electron chi connectivity index (χ4n) is 1.85. The molecular weight excluding hydrogens is 283 g/mol. The van der Waals surface area contributed by atoms with E-state index in [2.05, 4.69) is 20.5 Å². The molecule has 6 heteroatoms. The van der Waals surface area contributed by atoms with Crippen molar-refractivity contribution in [1.29, 1.82) is 0 Å². The van der Waals surface area contributed by atoms with Crippen LogP contribution in [0.1, 0.15) is 10.5 Å². The monoisotopic (exact) mass is 302 g/mol. The predicted molar refractivity (Wildman–Crippen MR) is 85.6 cm³/mol. The van der Waals surface area contributed by atoms with Gasteiger partial charge in [0.15, 0.2) is 0 Å². The highest BCUT2D eigenvalue weighted by molar-refractivity contribution is 6.03. The minimum absolute atomic E-state index is 0.277. The second-order valence-corrected chi connectivity index (χ2v) is 5.12. The van der Waals surface area contributed by atoms with Gasteiger partial charge in [-0.05, 0) is 44.4 Å². The third-order valence-corrected chi connectivity index (χ3v) is 2.96. The number of anilines is 2. The normalized spacial score (nSPS) is 10.5. The average molecular weight is 302 g/mol. The van der Waals surface area contributed by atoms with E-state index in [1.54, 1.807) is 24.4 Å². The van der Waals surface area contributed by atoms with Gasteiger partial charge in [0.05, 0.1) is 0 Å². The van der Waals surface area contributed by atoms with E-state index < -0.39 is 5.82 Å². The van der Waals surface area contributed by atoms with E-state index in [4.69, 9.17) is 0 Å². The molecule has 2 aromatic rings. The zero-order valence-corrected chi connectivity index (χ0v) is 12.6. The van der Waals surface area contributed by atoms with E-state index in [1.165, 1.54) is 18.2 Å². The van der Waals surface area contributed by atoms with Gasteiger partial charge in [-0.25, -0.2) is 4.39 Å². The second-order valence-electron chi connectivity index (χ2n) is 5.12. The number of nitrogens with one attached hydrogen (secondary N) is 2. The first-order chi connectivity index (χ1) is 10.5. The summed E-state index contributed by atoms with van der Waals surface area (Å²) in [6.07, 6.45) is 1.57. The Morgan fingerprint density at radius 3 is 2.77 bits per heavy atom. The predicted octanol–water partition coefficient (Wildman–Crippen LogP) is 2.45. The molecule has 0 spiro atoms. The topological polar surface area (TPSA) is 57.3 Å². The maximum atomic E-state index is 13.1. The van der Waals surface area contributed by atoms with Crippen molar-refractivity contribution in [3.8, 4) is 0 Å². The van der Waals surface area contributed by atoms with Gasteiger partial charge in [-0.1, -0.05) is 6.07 Å². The van der Waals surface area contributed by atoms with Crippen LogP contribution in [0.4, 0.5) is 15.8 Å². The molecule has 0 aliphatic rings. The lowest BCUT2D eigenvalue weighted by Crippen LogP contribution is -2.21. The van der Waals surface area contributed by atoms with Crippen molar-refractivity contribution in [2.45, 2.75) is 0 Å². The maximum absolute atomic E-state index is 13.1. The summed E-state index contributed by atoms with van der Waals surface area (Å²) in [7, 11) is 3.98. The van der Waals surface area contributed by atoms with Gasteiger partial charge in [0.25, 0.3) is 5.91 Å². The number of carbonyl (C=O) groups is 1. The Balaban J connectivity index is 2.00. The van der Waals surface area contributed by atoms with E-state index in [0.717, 1.165) is 18.8 Å². The van der Waals surface area contributed by atoms with E-state index in [1.807, 2.05) is 14.1 Å². The fraction of sp³-hybridized carbons (Fsp3) is 0.250. The number of hydrogen-bond acceptors (Lipinski definition) is 4. The van der Waals surface area contributed by atoms with Gasteiger partial charge in [-0.2, -0.15) is 0 Å². The average Bonchev–Trinajstić information content (AvgIpc) is 2.47. The van der Waals surface area contributed by atoms with Gasteiger partial charge in [0, 0.05) is 30.7 Å². The summed E-state index contributed by atoms with van der Waals surface area (Å²) in [5.74, 6) is -0.772. The van der Waals surface area contributed by atoms with Crippen molar-refractivity contribution in [2.75, 3.05) is 37.8 Å². The molecule has 1 amide bonds. The fourth-order valence-corrected chi connectivity index (χ4v) is 1.85. The summed E-state index contributed by atoms with van der Waals surface area (Å²) in [5, 5.41) is 5.85. The SMILES string of the molecule is CN(C)CCNc1ccnc(C(=O)Nc2cccc(F)c2)c1. The van der Waals surface area contributed by atoms with Crippen molar-refractivity contribution in [3.05, 3.63) is 54.1 Å². The molecule has 0 unspecified atom stereocenters. The smallest absolute Gasteiger partial charge is 0.274 e. The van der Waals surface area contributed by atoms with Crippen molar-refractivity contribution in [2.24, 2.45) is 0 Å². The lowest BCUT2D eigenvalue weighted by atomic mass is 10.2. The Labute approximate surface area is 129 Å². The van der Waals surface area contributed by atoms with Crippen LogP contribution in [0.5, 0.6) is 0 Å². The Morgan fingerprint density at radius 1 is 1.23 bits per heavy atom. The van der Waals surface area contributed by atoms with E-state index >= 15 is 0 Å². The Hall–Kier alpha value is -2.47. The lowest BCUT2D eigenvalue weighted by Gasteiger charge is -2.12. The number of halogens is 1. The van der Waals surface area contributed by atoms with Crippen LogP contribution in [0.3, 0.4) is 0 Å². The summed E-state index contributed by atoms with van der Waals surface area (Å²) in [5.41, 5.74) is 1.50. The van der Waals surface area contributed by atoms with E-state index in [0.29, 0.717) is 5.69 Å². The highest BCUT2D eigenvalue weighted by atomic mass is 19.1. The largest absolute Gasteiger partial charge is 0.384 e. The number of nitrogens with zero attached hydrogens (tertiary/aromatic N) is 2. The second kappa shape index (κ2) is 7.51. The van der Waals surface area contributed by atoms with Crippen LogP contribution in [-0.2, 0) is 0 Å². The van der Waals surface area contributed by atoms with Gasteiger partial charge in [0.2, 0.25) is 0 Å². The molecule has 1 aromatic heterocycles. The van der Waals surface area contributed by atoms with Gasteiger partial charge < -0.3 is 15.5 Å². The summed E-state index contributed by atoms with van der Waals surface area (Å²) in [6, 6.07) is 9.22. The van der Waals surface area contributed by atoms with Crippen LogP contribution in [-0.4, -0.2) is 43.0 Å². The highest BCUT2D eigenvalue weighted by Crippen LogP contribution is 2.12. The molecular formula is C16H19FN4O. The standard InChI is InChI=1S/C16H19FN4O/c1-21(2)9-8-18-13-6-7-19-15(11-13)16(22)20-14-5-3-4-12(17)10-14/h3-7,10-11H,8-9H2,1-2H3,(H,18,19)(H,20,22). The number of likely N-dealkylation sites (N-methyl/N-ethyl adjacent to an activating group) is 1. The number of amides is 1. The molecule has 0 bridgehead atoms. The number of hydrogen-bond donors (Lipinski definition) is 2. The molecule has 0 aliphatic heterocycles. The number of benzene rings is 1. The molecule has 1 aromatic carbocycles. The van der Waals surface area contributed by atoms with Crippen molar-refractivity contribution < 1.29 is 9.18 Å². The van der Waals surface area contributed by atoms with Crippen LogP contribution < -0.4 is 10.6 Å². The number of rotatable bonds is 6. The highest BCUT2D eigenvalue weighted by Gasteiger charge is 2.09. The summed E-state index contributed by atoms with van der Waals surface area (Å²) in [6.45, 7) is 1.65. The van der Waals surface area contributed by atoms with Crippen LogP contribution in [0, 0.1) is 5.82 Å². The Bertz CT molecular complexity index is 646. The maximum Gasteiger partial charge on any atom is 0.274 e. The van der Waals surface area contributed by atoms with Gasteiger partial charge in [-0.15, -0.1) is 0 Å². The molecule has 116 valence electrons. The molecule has 0 aliphatic carbocycles. The Kier molecular flexibility index (Phi) is 5.43. The zero-order valence-electron chi connectivity index (χ0n) is 12.6. The molecule has 2 rings (SSSR count). The number of pyridine rings is 1. The number of carbonyl (C=O) groups excluding carboxylic acids is 1. The van der Waals surface area contributed by atoms with Crippen molar-refractivity contribution >= 4 is 17.3 Å². The minimum Gasteiger partial charge on any atom is -0.384 e. The summed E-state index contributed by atoms with van der Waals surface area (Å²) in [4.78, 5) is 18.2. The molecule has 0 radical (unpaired) electrons. The van der Waals surface area contributed by atoms with Gasteiger partial charge >= 0.3 is 0 Å². The molecule has 0 saturated carbocycles. The quantitative estimate of drug-likeness (QED) is 0.860. The molecule has 22 heavy (non-hydrogen) atoms. The van der Waals surface area contributed by atoms with Crippen LogP contribution in [0.25, 0.3) is 0 Å². The van der Waals surface area contributed by atoms with Crippen LogP contribution in [0.15, 0.2) is 42.6 Å². The molecule has 0 atom stereocenters. The Morgan fingerprint density at radius 2 is 2.05 bits per heavy atom. The lowest BCUT2D eigenvalue weighted by molar-refractivity contribution is 0.102. The molecule has 0 fully saturated rings. The summed E-state index contributed by atoms with van der Waals surface area (Å²) < 4.78 is 13.1. The molecule has 0 saturated heterocycles. The van der Waals surface area contributed by atoms with Gasteiger partial charge in [-0.3, -0.25) is 9.78 Å². The van der Waals surface area contributed by atoms with Gasteiger partial charge in [0.1, 0.15) is 11.5 Å². The molecule has 2 N–H and O–H groups in total. The molecule has 5 nitrogen and oxygen atoms in total. The van der Waals surface area contributed by atoms with E-state index in [-0.39, 0.29) is 11.6 Å². The third-order valence-electron chi connectivity index (χ3n) is 2.96. The number of aromatic nitrogens is 1. The van der Waals surface area contributed by atoms with E-state index in [9.17, 15) is 9.18 Å². The first kappa shape index (κ1) is 15.9. The van der Waals surface area contributed by atoms with Crippen molar-refractivity contribution in [1.82, 2.24) is 9.88 Å². The first-order valence-corrected chi connectivity index (χ1v) is 6.96. The minimum atomic E-state index is -0.398. The zero-order chi connectivity index (χ0) is 15.9.